The molecule has 2 N–H and O–H groups in total. The number of hydrogen-bond acceptors (Lipinski definition) is 7. The predicted molar refractivity (Wildman–Crippen MR) is 82.2 cm³/mol. The molecule has 0 aliphatic heterocycles. The first kappa shape index (κ1) is 18.7. The second kappa shape index (κ2) is 7.77. The van der Waals surface area contributed by atoms with Crippen LogP contribution in [0.2, 0.25) is 0 Å². The van der Waals surface area contributed by atoms with E-state index in [4.69, 9.17) is 9.84 Å². The lowest BCUT2D eigenvalue weighted by Crippen LogP contribution is -2.38. The maximum atomic E-state index is 11.8. The highest BCUT2D eigenvalue weighted by Gasteiger charge is 2.25. The number of aromatic nitrogens is 1. The summed E-state index contributed by atoms with van der Waals surface area (Å²) in [7, 11) is 0. The Morgan fingerprint density at radius 1 is 1.52 bits per heavy atom. The molecule has 0 saturated carbocycles. The number of thioether (sulfide) groups is 1. The highest BCUT2D eigenvalue weighted by atomic mass is 32.2. The van der Waals surface area contributed by atoms with Gasteiger partial charge in [-0.1, -0.05) is 11.8 Å². The number of carbonyl (C=O) groups excluding carboxylic acids is 1. The van der Waals surface area contributed by atoms with Gasteiger partial charge < -0.3 is 15.2 Å². The number of carbonyl (C=O) groups is 2. The Kier molecular flexibility index (Phi) is 6.31. The molecule has 0 aromatic carbocycles. The number of hydrogen-bond donors (Lipinski definition) is 2. The lowest BCUT2D eigenvalue weighted by Gasteiger charge is -2.22. The lowest BCUT2D eigenvalue weighted by atomic mass is 10.2. The van der Waals surface area contributed by atoms with Gasteiger partial charge in [0, 0.05) is 12.3 Å². The predicted octanol–water partition coefficient (Wildman–Crippen LogP) is 2.41. The third kappa shape index (κ3) is 6.96. The lowest BCUT2D eigenvalue weighted by molar-refractivity contribution is -0.388. The van der Waals surface area contributed by atoms with Crippen LogP contribution < -0.4 is 5.32 Å². The largest absolute Gasteiger partial charge is 0.481 e. The van der Waals surface area contributed by atoms with Crippen molar-refractivity contribution in [3.05, 3.63) is 28.4 Å². The number of carboxylic acid groups (broad SMARTS) is 1. The van der Waals surface area contributed by atoms with E-state index in [0.29, 0.717) is 0 Å². The van der Waals surface area contributed by atoms with E-state index in [1.54, 1.807) is 20.8 Å². The van der Waals surface area contributed by atoms with Gasteiger partial charge >= 0.3 is 17.7 Å². The summed E-state index contributed by atoms with van der Waals surface area (Å²) in [4.78, 5) is 36.9. The topological polar surface area (TPSA) is 132 Å². The first-order valence-electron chi connectivity index (χ1n) is 6.56. The average molecular weight is 343 g/mol. The van der Waals surface area contributed by atoms with Crippen LogP contribution in [-0.4, -0.2) is 38.1 Å². The third-order valence-corrected chi connectivity index (χ3v) is 3.35. The standard InChI is InChI=1S/C13H17N3O6S/c1-13(2,3)22-12(19)15-9(7-10(17)18)23-11-8(16(20)21)5-4-6-14-11/h4-6,9H,7H2,1-3H3,(H,15,19)(H,17,18)/t9-/m0/s1. The summed E-state index contributed by atoms with van der Waals surface area (Å²) in [5.74, 6) is -1.17. The Bertz CT molecular complexity index is 602. The minimum absolute atomic E-state index is 0.0137. The molecular weight excluding hydrogens is 326 g/mol. The number of rotatable bonds is 6. The maximum absolute atomic E-state index is 11.8. The van der Waals surface area contributed by atoms with Gasteiger partial charge in [0.1, 0.15) is 5.60 Å². The SMILES string of the molecule is CC(C)(C)OC(=O)N[C@H](CC(=O)O)Sc1ncccc1[N+](=O)[O-]. The van der Waals surface area contributed by atoms with E-state index in [0.717, 1.165) is 11.8 Å². The quantitative estimate of drug-likeness (QED) is 0.348. The van der Waals surface area contributed by atoms with Crippen LogP contribution in [0.15, 0.2) is 23.4 Å². The number of aliphatic carboxylic acids is 1. The van der Waals surface area contributed by atoms with Crippen LogP contribution in [0.4, 0.5) is 10.5 Å². The molecule has 0 radical (unpaired) electrons. The van der Waals surface area contributed by atoms with Gasteiger partial charge in [-0.25, -0.2) is 9.78 Å². The normalized spacial score (nSPS) is 12.3. The molecule has 126 valence electrons. The summed E-state index contributed by atoms with van der Waals surface area (Å²) in [6.07, 6.45) is 0.0907. The van der Waals surface area contributed by atoms with Gasteiger partial charge in [-0.15, -0.1) is 0 Å². The second-order valence-electron chi connectivity index (χ2n) is 5.44. The van der Waals surface area contributed by atoms with Crippen LogP contribution in [0.25, 0.3) is 0 Å². The van der Waals surface area contributed by atoms with Gasteiger partial charge in [-0.05, 0) is 26.8 Å². The average Bonchev–Trinajstić information content (AvgIpc) is 2.35. The van der Waals surface area contributed by atoms with Crippen LogP contribution in [-0.2, 0) is 9.53 Å². The van der Waals surface area contributed by atoms with Gasteiger partial charge in [0.15, 0.2) is 5.03 Å². The number of nitrogens with zero attached hydrogens (tertiary/aromatic N) is 2. The third-order valence-electron chi connectivity index (χ3n) is 2.24. The van der Waals surface area contributed by atoms with E-state index < -0.39 is 34.4 Å². The number of ether oxygens (including phenoxy) is 1. The van der Waals surface area contributed by atoms with Crippen LogP contribution in [0.3, 0.4) is 0 Å². The van der Waals surface area contributed by atoms with Gasteiger partial charge in [0.25, 0.3) is 0 Å². The highest BCUT2D eigenvalue weighted by molar-refractivity contribution is 8.00. The second-order valence-corrected chi connectivity index (χ2v) is 6.63. The molecule has 1 heterocycles. The molecule has 0 aliphatic carbocycles. The number of alkyl carbamates (subject to hydrolysis) is 1. The Hall–Kier alpha value is -2.36. The molecule has 0 saturated heterocycles. The van der Waals surface area contributed by atoms with Crippen molar-refractivity contribution in [3.8, 4) is 0 Å². The molecule has 23 heavy (non-hydrogen) atoms. The van der Waals surface area contributed by atoms with Crippen molar-refractivity contribution in [3.63, 3.8) is 0 Å². The molecule has 0 bridgehead atoms. The number of nitrogens with one attached hydrogen (secondary N) is 1. The summed E-state index contributed by atoms with van der Waals surface area (Å²) in [5, 5.41) is 21.3. The summed E-state index contributed by atoms with van der Waals surface area (Å²) in [5.41, 5.74) is -1.02. The van der Waals surface area contributed by atoms with E-state index in [9.17, 15) is 19.7 Å². The van der Waals surface area contributed by atoms with Gasteiger partial charge in [-0.2, -0.15) is 0 Å². The first-order valence-corrected chi connectivity index (χ1v) is 7.44. The fraction of sp³-hybridized carbons (Fsp3) is 0.462. The van der Waals surface area contributed by atoms with Crippen LogP contribution in [0, 0.1) is 10.1 Å². The van der Waals surface area contributed by atoms with Crippen molar-refractivity contribution in [1.82, 2.24) is 10.3 Å². The minimum atomic E-state index is -1.17. The summed E-state index contributed by atoms with van der Waals surface area (Å²) in [6, 6.07) is 2.65. The zero-order chi connectivity index (χ0) is 17.6. The van der Waals surface area contributed by atoms with Crippen LogP contribution in [0.5, 0.6) is 0 Å². The van der Waals surface area contributed by atoms with Crippen LogP contribution >= 0.6 is 11.8 Å². The fourth-order valence-electron chi connectivity index (χ4n) is 1.47. The Morgan fingerprint density at radius 3 is 2.70 bits per heavy atom. The van der Waals surface area contributed by atoms with E-state index in [1.807, 2.05) is 0 Å². The van der Waals surface area contributed by atoms with Crippen LogP contribution in [0.1, 0.15) is 27.2 Å². The smallest absolute Gasteiger partial charge is 0.408 e. The van der Waals surface area contributed by atoms with E-state index in [1.165, 1.54) is 18.3 Å². The number of carboxylic acids is 1. The molecule has 1 aromatic heterocycles. The highest BCUT2D eigenvalue weighted by Crippen LogP contribution is 2.30. The number of nitro groups is 1. The fourth-order valence-corrected chi connectivity index (χ4v) is 2.50. The van der Waals surface area contributed by atoms with Gasteiger partial charge in [0.05, 0.1) is 16.7 Å². The zero-order valence-corrected chi connectivity index (χ0v) is 13.6. The molecule has 1 amide bonds. The molecule has 0 fully saturated rings. The first-order chi connectivity index (χ1) is 10.6. The molecular formula is C13H17N3O6S. The Labute approximate surface area is 136 Å². The maximum Gasteiger partial charge on any atom is 0.408 e. The monoisotopic (exact) mass is 343 g/mol. The molecule has 9 nitrogen and oxygen atoms in total. The van der Waals surface area contributed by atoms with Gasteiger partial charge in [-0.3, -0.25) is 14.9 Å². The van der Waals surface area contributed by atoms with Crippen molar-refractivity contribution in [2.45, 2.75) is 43.2 Å². The van der Waals surface area contributed by atoms with E-state index in [2.05, 4.69) is 10.3 Å². The number of pyridine rings is 1. The summed E-state index contributed by atoms with van der Waals surface area (Å²) < 4.78 is 5.05. The molecule has 1 aromatic rings. The summed E-state index contributed by atoms with van der Waals surface area (Å²) in [6.45, 7) is 4.99. The minimum Gasteiger partial charge on any atom is -0.481 e. The van der Waals surface area contributed by atoms with E-state index in [-0.39, 0.29) is 10.7 Å². The summed E-state index contributed by atoms with van der Waals surface area (Å²) >= 11 is 0.781. The molecule has 0 unspecified atom stereocenters. The van der Waals surface area contributed by atoms with Crippen molar-refractivity contribution in [2.24, 2.45) is 0 Å². The van der Waals surface area contributed by atoms with Crippen molar-refractivity contribution < 1.29 is 24.4 Å². The molecule has 1 rings (SSSR count). The van der Waals surface area contributed by atoms with Crippen molar-refractivity contribution in [1.29, 1.82) is 0 Å². The number of amides is 1. The molecule has 0 aliphatic rings. The van der Waals surface area contributed by atoms with Gasteiger partial charge in [0.2, 0.25) is 0 Å². The zero-order valence-electron chi connectivity index (χ0n) is 12.8. The van der Waals surface area contributed by atoms with Crippen molar-refractivity contribution in [2.75, 3.05) is 0 Å². The molecule has 0 spiro atoms. The van der Waals surface area contributed by atoms with Crippen molar-refractivity contribution >= 4 is 29.5 Å². The molecule has 1 atom stereocenters. The van der Waals surface area contributed by atoms with E-state index >= 15 is 0 Å². The Balaban J connectivity index is 2.89. The molecule has 10 heteroatoms. The Morgan fingerprint density at radius 2 is 2.17 bits per heavy atom.